The van der Waals surface area contributed by atoms with Crippen molar-refractivity contribution in [1.82, 2.24) is 18.9 Å². The molecule has 6 aromatic rings. The number of nitrogens with zero attached hydrogens (tertiary/aromatic N) is 10. The van der Waals surface area contributed by atoms with Crippen LogP contribution in [0.3, 0.4) is 0 Å². The van der Waals surface area contributed by atoms with Gasteiger partial charge in [-0.05, 0) is 110 Å². The van der Waals surface area contributed by atoms with E-state index in [2.05, 4.69) is 20.5 Å². The number of pyridine rings is 4. The average Bonchev–Trinajstić information content (AvgIpc) is 3.22. The highest BCUT2D eigenvalue weighted by atomic mass is 16.3. The smallest absolute Gasteiger partial charge is 0.326 e. The minimum atomic E-state index is -0.296. The van der Waals surface area contributed by atoms with Crippen molar-refractivity contribution in [1.29, 1.82) is 0 Å². The standard InChI is InChI=1S/C45H50N10O4/c1-32-38(42(56)54(29-13-23-50(3)4)44(58)40(32)52-25-9-7-10-26-52)48-46-36-19-15-34(16-20-36)31-35-17-21-37(22-18-35)47-49-39-33(2)41(53-27-11-8-12-28-53)45(59)55(43(39)57)30-14-24-51(5)6/h7-12,15-22,25-28H,13-14,23-24,29-31H2,1-6H3/p+2. The second-order valence-electron chi connectivity index (χ2n) is 15.0. The van der Waals surface area contributed by atoms with Gasteiger partial charge in [0.1, 0.15) is 0 Å². The molecule has 0 bridgehead atoms. The van der Waals surface area contributed by atoms with Gasteiger partial charge >= 0.3 is 11.1 Å². The van der Waals surface area contributed by atoms with Crippen LogP contribution in [0.15, 0.2) is 140 Å². The molecule has 0 amide bonds. The van der Waals surface area contributed by atoms with Crippen molar-refractivity contribution >= 4 is 22.7 Å². The first-order valence-corrected chi connectivity index (χ1v) is 19.6. The van der Waals surface area contributed by atoms with Crippen molar-refractivity contribution in [2.24, 2.45) is 20.5 Å². The highest BCUT2D eigenvalue weighted by Gasteiger charge is 2.27. The number of hydrogen-bond acceptors (Lipinski definition) is 10. The van der Waals surface area contributed by atoms with Crippen LogP contribution < -0.4 is 20.3 Å². The first kappa shape index (κ1) is 42.0. The van der Waals surface area contributed by atoms with Gasteiger partial charge in [-0.25, -0.2) is 0 Å². The molecule has 0 unspecified atom stereocenters. The maximum atomic E-state index is 13.6. The Morgan fingerprint density at radius 1 is 0.542 bits per heavy atom. The van der Waals surface area contributed by atoms with E-state index in [0.29, 0.717) is 66.2 Å². The fourth-order valence-electron chi connectivity index (χ4n) is 6.84. The average molecular weight is 797 g/mol. The van der Waals surface area contributed by atoms with Crippen molar-refractivity contribution in [3.63, 3.8) is 0 Å². The molecule has 14 nitrogen and oxygen atoms in total. The van der Waals surface area contributed by atoms with E-state index in [-0.39, 0.29) is 34.3 Å². The molecule has 0 aliphatic carbocycles. The summed E-state index contributed by atoms with van der Waals surface area (Å²) in [5.41, 5.74) is 5.06. The van der Waals surface area contributed by atoms with Crippen LogP contribution in [0.5, 0.6) is 11.8 Å². The molecule has 4 heterocycles. The Morgan fingerprint density at radius 2 is 0.898 bits per heavy atom. The van der Waals surface area contributed by atoms with E-state index in [9.17, 15) is 19.8 Å². The summed E-state index contributed by atoms with van der Waals surface area (Å²) in [6.07, 6.45) is 9.19. The Kier molecular flexibility index (Phi) is 13.7. The third-order valence-corrected chi connectivity index (χ3v) is 9.98. The zero-order valence-electron chi connectivity index (χ0n) is 34.5. The molecule has 2 N–H and O–H groups in total. The summed E-state index contributed by atoms with van der Waals surface area (Å²) in [7, 11) is 7.87. The largest absolute Gasteiger partial charge is 0.493 e. The van der Waals surface area contributed by atoms with Gasteiger partial charge in [0.05, 0.1) is 22.5 Å². The normalized spacial score (nSPS) is 11.8. The van der Waals surface area contributed by atoms with Gasteiger partial charge in [-0.2, -0.15) is 19.4 Å². The molecular formula is C45H52N10O4+2. The van der Waals surface area contributed by atoms with Crippen LogP contribution in [0.25, 0.3) is 11.4 Å². The van der Waals surface area contributed by atoms with Crippen molar-refractivity contribution < 1.29 is 19.3 Å². The van der Waals surface area contributed by atoms with Crippen LogP contribution in [0.4, 0.5) is 22.7 Å². The van der Waals surface area contributed by atoms with Gasteiger partial charge in [0.25, 0.3) is 11.4 Å². The van der Waals surface area contributed by atoms with E-state index in [1.807, 2.05) is 123 Å². The Bertz CT molecular complexity index is 2370. The Morgan fingerprint density at radius 3 is 1.24 bits per heavy atom. The molecule has 0 atom stereocenters. The minimum absolute atomic E-state index is 0.211. The zero-order chi connectivity index (χ0) is 42.1. The predicted molar refractivity (Wildman–Crippen MR) is 228 cm³/mol. The van der Waals surface area contributed by atoms with Crippen molar-refractivity contribution in [3.8, 4) is 23.1 Å². The van der Waals surface area contributed by atoms with Gasteiger partial charge in [0.15, 0.2) is 36.2 Å². The highest BCUT2D eigenvalue weighted by molar-refractivity contribution is 5.60. The monoisotopic (exact) mass is 796 g/mol. The molecule has 0 saturated carbocycles. The van der Waals surface area contributed by atoms with E-state index < -0.39 is 0 Å². The van der Waals surface area contributed by atoms with Gasteiger partial charge in [-0.3, -0.25) is 18.7 Å². The second-order valence-corrected chi connectivity index (χ2v) is 15.0. The molecule has 0 aliphatic rings. The van der Waals surface area contributed by atoms with E-state index in [1.165, 1.54) is 9.13 Å². The van der Waals surface area contributed by atoms with Crippen LogP contribution in [0, 0.1) is 13.8 Å². The van der Waals surface area contributed by atoms with Crippen molar-refractivity contribution in [2.75, 3.05) is 41.3 Å². The van der Waals surface area contributed by atoms with Crippen LogP contribution in [-0.4, -0.2) is 70.4 Å². The molecule has 14 heteroatoms. The molecule has 0 saturated heterocycles. The van der Waals surface area contributed by atoms with Crippen LogP contribution in [-0.2, 0) is 19.5 Å². The molecule has 2 aromatic carbocycles. The number of aromatic nitrogens is 4. The summed E-state index contributed by atoms with van der Waals surface area (Å²) in [5.74, 6) is -0.422. The Hall–Kier alpha value is -6.64. The van der Waals surface area contributed by atoms with Crippen LogP contribution in [0.2, 0.25) is 0 Å². The van der Waals surface area contributed by atoms with Crippen LogP contribution in [0.1, 0.15) is 35.1 Å². The first-order valence-electron chi connectivity index (χ1n) is 19.6. The summed E-state index contributed by atoms with van der Waals surface area (Å²) < 4.78 is 6.23. The van der Waals surface area contributed by atoms with Gasteiger partial charge in [0, 0.05) is 37.4 Å². The van der Waals surface area contributed by atoms with Crippen molar-refractivity contribution in [3.05, 3.63) is 153 Å². The summed E-state index contributed by atoms with van der Waals surface area (Å²) in [6, 6.07) is 26.5. The predicted octanol–water partition coefficient (Wildman–Crippen LogP) is 6.92. The highest BCUT2D eigenvalue weighted by Crippen LogP contribution is 2.34. The molecule has 59 heavy (non-hydrogen) atoms. The molecule has 4 aromatic heterocycles. The third-order valence-electron chi connectivity index (χ3n) is 9.98. The lowest BCUT2D eigenvalue weighted by Crippen LogP contribution is -2.40. The van der Waals surface area contributed by atoms with E-state index in [1.54, 1.807) is 47.8 Å². The fraction of sp³-hybridized carbons (Fsp3) is 0.289. The molecule has 0 radical (unpaired) electrons. The molecular weight excluding hydrogens is 745 g/mol. The Labute approximate surface area is 344 Å². The lowest BCUT2D eigenvalue weighted by Gasteiger charge is -2.14. The quantitative estimate of drug-likeness (QED) is 0.0804. The van der Waals surface area contributed by atoms with Gasteiger partial charge in [0.2, 0.25) is 11.8 Å². The third kappa shape index (κ3) is 10.1. The number of azo groups is 2. The van der Waals surface area contributed by atoms with Gasteiger partial charge in [-0.15, -0.1) is 10.2 Å². The summed E-state index contributed by atoms with van der Waals surface area (Å²) >= 11 is 0. The zero-order valence-corrected chi connectivity index (χ0v) is 34.5. The topological polar surface area (TPSA) is 148 Å². The molecule has 0 spiro atoms. The Balaban J connectivity index is 1.19. The number of benzene rings is 2. The summed E-state index contributed by atoms with van der Waals surface area (Å²) in [4.78, 5) is 31.3. The maximum absolute atomic E-state index is 13.6. The lowest BCUT2D eigenvalue weighted by atomic mass is 10.0. The maximum Gasteiger partial charge on any atom is 0.326 e. The first-order chi connectivity index (χ1) is 28.4. The van der Waals surface area contributed by atoms with Gasteiger partial charge < -0.3 is 20.0 Å². The van der Waals surface area contributed by atoms with E-state index >= 15 is 0 Å². The molecule has 0 aliphatic heterocycles. The lowest BCUT2D eigenvalue weighted by molar-refractivity contribution is -0.597. The number of aromatic hydroxyl groups is 2. The minimum Gasteiger partial charge on any atom is -0.493 e. The number of rotatable bonds is 16. The molecule has 304 valence electrons. The SMILES string of the molecule is Cc1c(N=Nc2ccc(Cc3ccc(N=Nc4c(C)c(-[n+]5ccccc5)c(=O)n(CCCN(C)C)c4O)cc3)cc2)c(O)n(CCCN(C)C)c(=O)c1-[n+]1ccccc1. The van der Waals surface area contributed by atoms with E-state index in [4.69, 9.17) is 0 Å². The summed E-state index contributed by atoms with van der Waals surface area (Å²) in [5, 5.41) is 40.4. The molecule has 0 fully saturated rings. The van der Waals surface area contributed by atoms with Gasteiger partial charge in [-0.1, -0.05) is 36.4 Å². The second kappa shape index (κ2) is 19.2. The van der Waals surface area contributed by atoms with Crippen molar-refractivity contribution in [2.45, 2.75) is 46.2 Å². The fourth-order valence-corrected chi connectivity index (χ4v) is 6.84. The van der Waals surface area contributed by atoms with Crippen LogP contribution >= 0.6 is 0 Å². The van der Waals surface area contributed by atoms with E-state index in [0.717, 1.165) is 24.2 Å². The number of hydrogen-bond donors (Lipinski definition) is 2. The summed E-state index contributed by atoms with van der Waals surface area (Å²) in [6.45, 7) is 5.71. The molecule has 6 rings (SSSR count).